The SMILES string of the molecule is COc1ccc(C(C)(C)C(=O)NC2(c3ccc(Cl)cc3)CC2)cc1. The predicted octanol–water partition coefficient (Wildman–Crippen LogP) is 4.43. The van der Waals surface area contributed by atoms with E-state index in [1.807, 2.05) is 62.4 Å². The molecule has 24 heavy (non-hydrogen) atoms. The summed E-state index contributed by atoms with van der Waals surface area (Å²) in [6.07, 6.45) is 1.91. The molecule has 1 amide bonds. The first-order valence-electron chi connectivity index (χ1n) is 8.11. The van der Waals surface area contributed by atoms with Gasteiger partial charge in [0, 0.05) is 5.02 Å². The molecule has 0 atom stereocenters. The molecule has 0 aliphatic heterocycles. The van der Waals surface area contributed by atoms with Gasteiger partial charge in [-0.1, -0.05) is 35.9 Å². The number of hydrogen-bond acceptors (Lipinski definition) is 2. The highest BCUT2D eigenvalue weighted by Crippen LogP contribution is 2.46. The Bertz CT molecular complexity index is 731. The lowest BCUT2D eigenvalue weighted by Crippen LogP contribution is -2.45. The minimum absolute atomic E-state index is 0.0279. The molecule has 1 aliphatic rings. The van der Waals surface area contributed by atoms with E-state index in [0.29, 0.717) is 5.02 Å². The van der Waals surface area contributed by atoms with Gasteiger partial charge in [0.2, 0.25) is 5.91 Å². The molecule has 0 heterocycles. The van der Waals surface area contributed by atoms with Crippen molar-refractivity contribution in [3.8, 4) is 5.75 Å². The van der Waals surface area contributed by atoms with Crippen LogP contribution in [0.1, 0.15) is 37.8 Å². The van der Waals surface area contributed by atoms with Gasteiger partial charge in [-0.05, 0) is 62.1 Å². The Kier molecular flexibility index (Phi) is 4.31. The molecule has 1 saturated carbocycles. The average molecular weight is 344 g/mol. The van der Waals surface area contributed by atoms with Gasteiger partial charge in [-0.2, -0.15) is 0 Å². The number of halogens is 1. The lowest BCUT2D eigenvalue weighted by molar-refractivity contribution is -0.126. The molecule has 1 aliphatic carbocycles. The minimum Gasteiger partial charge on any atom is -0.497 e. The Hall–Kier alpha value is -2.00. The highest BCUT2D eigenvalue weighted by Gasteiger charge is 2.47. The van der Waals surface area contributed by atoms with E-state index < -0.39 is 5.41 Å². The van der Waals surface area contributed by atoms with Crippen molar-refractivity contribution in [2.24, 2.45) is 0 Å². The molecule has 1 N–H and O–H groups in total. The van der Waals surface area contributed by atoms with Crippen molar-refractivity contribution in [3.05, 3.63) is 64.7 Å². The Labute approximate surface area is 148 Å². The fourth-order valence-electron chi connectivity index (χ4n) is 2.89. The lowest BCUT2D eigenvalue weighted by Gasteiger charge is -2.28. The second-order valence-corrected chi connectivity index (χ2v) is 7.33. The molecule has 2 aromatic carbocycles. The highest BCUT2D eigenvalue weighted by atomic mass is 35.5. The quantitative estimate of drug-likeness (QED) is 0.872. The Morgan fingerprint density at radius 1 is 1.08 bits per heavy atom. The number of ether oxygens (including phenoxy) is 1. The van der Waals surface area contributed by atoms with E-state index in [4.69, 9.17) is 16.3 Å². The van der Waals surface area contributed by atoms with Gasteiger partial charge in [-0.25, -0.2) is 0 Å². The third-order valence-electron chi connectivity index (χ3n) is 4.88. The second-order valence-electron chi connectivity index (χ2n) is 6.90. The molecule has 2 aromatic rings. The summed E-state index contributed by atoms with van der Waals surface area (Å²) in [5, 5.41) is 3.97. The van der Waals surface area contributed by atoms with Crippen molar-refractivity contribution in [1.82, 2.24) is 5.32 Å². The molecule has 0 aromatic heterocycles. The third kappa shape index (κ3) is 3.13. The van der Waals surface area contributed by atoms with Gasteiger partial charge >= 0.3 is 0 Å². The summed E-state index contributed by atoms with van der Waals surface area (Å²) in [5.74, 6) is 0.815. The Morgan fingerprint density at radius 3 is 2.17 bits per heavy atom. The fourth-order valence-corrected chi connectivity index (χ4v) is 3.02. The summed E-state index contributed by atoms with van der Waals surface area (Å²) >= 11 is 5.97. The molecule has 0 radical (unpaired) electrons. The first kappa shape index (κ1) is 16.8. The van der Waals surface area contributed by atoms with Gasteiger partial charge in [-0.3, -0.25) is 4.79 Å². The van der Waals surface area contributed by atoms with Crippen LogP contribution in [0.15, 0.2) is 48.5 Å². The molecule has 0 unspecified atom stereocenters. The van der Waals surface area contributed by atoms with Crippen LogP contribution in [0.4, 0.5) is 0 Å². The minimum atomic E-state index is -0.617. The number of amides is 1. The van der Waals surface area contributed by atoms with Crippen molar-refractivity contribution in [3.63, 3.8) is 0 Å². The van der Waals surface area contributed by atoms with E-state index in [9.17, 15) is 4.79 Å². The number of hydrogen-bond donors (Lipinski definition) is 1. The Morgan fingerprint density at radius 2 is 1.67 bits per heavy atom. The summed E-state index contributed by atoms with van der Waals surface area (Å²) in [6, 6.07) is 15.4. The van der Waals surface area contributed by atoms with Gasteiger partial charge in [0.25, 0.3) is 0 Å². The zero-order valence-electron chi connectivity index (χ0n) is 14.2. The van der Waals surface area contributed by atoms with Gasteiger partial charge in [-0.15, -0.1) is 0 Å². The fraction of sp³-hybridized carbons (Fsp3) is 0.350. The van der Waals surface area contributed by atoms with Gasteiger partial charge in [0.05, 0.1) is 18.1 Å². The molecular weight excluding hydrogens is 322 g/mol. The summed E-state index contributed by atoms with van der Waals surface area (Å²) in [5.41, 5.74) is 1.22. The molecule has 1 fully saturated rings. The Balaban J connectivity index is 1.79. The van der Waals surface area contributed by atoms with Gasteiger partial charge < -0.3 is 10.1 Å². The maximum atomic E-state index is 12.9. The number of benzene rings is 2. The van der Waals surface area contributed by atoms with E-state index in [1.165, 1.54) is 0 Å². The molecule has 0 spiro atoms. The maximum absolute atomic E-state index is 12.9. The number of carbonyl (C=O) groups is 1. The molecule has 3 rings (SSSR count). The van der Waals surface area contributed by atoms with E-state index in [2.05, 4.69) is 5.32 Å². The largest absolute Gasteiger partial charge is 0.497 e. The molecule has 126 valence electrons. The van der Waals surface area contributed by atoms with Crippen LogP contribution in [0.5, 0.6) is 5.75 Å². The number of rotatable bonds is 5. The van der Waals surface area contributed by atoms with Crippen molar-refractivity contribution in [1.29, 1.82) is 0 Å². The summed E-state index contributed by atoms with van der Waals surface area (Å²) in [6.45, 7) is 3.89. The lowest BCUT2D eigenvalue weighted by atomic mass is 9.83. The van der Waals surface area contributed by atoms with E-state index in [-0.39, 0.29) is 11.4 Å². The van der Waals surface area contributed by atoms with Crippen molar-refractivity contribution >= 4 is 17.5 Å². The van der Waals surface area contributed by atoms with E-state index in [1.54, 1.807) is 7.11 Å². The predicted molar refractivity (Wildman–Crippen MR) is 96.5 cm³/mol. The number of nitrogens with one attached hydrogen (secondary N) is 1. The number of carbonyl (C=O) groups excluding carboxylic acids is 1. The molecular formula is C20H22ClNO2. The van der Waals surface area contributed by atoms with Crippen molar-refractivity contribution < 1.29 is 9.53 Å². The van der Waals surface area contributed by atoms with E-state index >= 15 is 0 Å². The number of methoxy groups -OCH3 is 1. The average Bonchev–Trinajstić information content (AvgIpc) is 3.36. The first-order valence-corrected chi connectivity index (χ1v) is 8.48. The van der Waals surface area contributed by atoms with Crippen LogP contribution in [0.3, 0.4) is 0 Å². The molecule has 4 heteroatoms. The van der Waals surface area contributed by atoms with Crippen LogP contribution >= 0.6 is 11.6 Å². The molecule has 3 nitrogen and oxygen atoms in total. The standard InChI is InChI=1S/C20H22ClNO2/c1-19(2,14-6-10-17(24-3)11-7-14)18(23)22-20(12-13-20)15-4-8-16(21)9-5-15/h4-11H,12-13H2,1-3H3,(H,22,23). The van der Waals surface area contributed by atoms with Gasteiger partial charge in [0.15, 0.2) is 0 Å². The van der Waals surface area contributed by atoms with Crippen molar-refractivity contribution in [2.45, 2.75) is 37.6 Å². The van der Waals surface area contributed by atoms with Crippen molar-refractivity contribution in [2.75, 3.05) is 7.11 Å². The molecule has 0 saturated heterocycles. The van der Waals surface area contributed by atoms with Gasteiger partial charge in [0.1, 0.15) is 5.75 Å². The van der Waals surface area contributed by atoms with E-state index in [0.717, 1.165) is 29.7 Å². The maximum Gasteiger partial charge on any atom is 0.230 e. The van der Waals surface area contributed by atoms with Crippen LogP contribution in [0.25, 0.3) is 0 Å². The summed E-state index contributed by atoms with van der Waals surface area (Å²) < 4.78 is 5.19. The zero-order chi connectivity index (χ0) is 17.4. The topological polar surface area (TPSA) is 38.3 Å². The normalized spacial score (nSPS) is 15.7. The molecule has 0 bridgehead atoms. The van der Waals surface area contributed by atoms with Crippen LogP contribution in [-0.2, 0) is 15.7 Å². The smallest absolute Gasteiger partial charge is 0.230 e. The van der Waals surface area contributed by atoms with Crippen LogP contribution in [-0.4, -0.2) is 13.0 Å². The zero-order valence-corrected chi connectivity index (χ0v) is 15.0. The monoisotopic (exact) mass is 343 g/mol. The second kappa shape index (κ2) is 6.14. The first-order chi connectivity index (χ1) is 11.4. The summed E-state index contributed by atoms with van der Waals surface area (Å²) in [4.78, 5) is 12.9. The van der Waals surface area contributed by atoms with Crippen LogP contribution in [0.2, 0.25) is 5.02 Å². The van der Waals surface area contributed by atoms with Crippen LogP contribution < -0.4 is 10.1 Å². The summed E-state index contributed by atoms with van der Waals surface area (Å²) in [7, 11) is 1.63. The van der Waals surface area contributed by atoms with Crippen LogP contribution in [0, 0.1) is 0 Å². The third-order valence-corrected chi connectivity index (χ3v) is 5.13. The highest BCUT2D eigenvalue weighted by molar-refractivity contribution is 6.30.